The van der Waals surface area contributed by atoms with E-state index >= 15 is 0 Å². The first kappa shape index (κ1) is 21.1. The van der Waals surface area contributed by atoms with E-state index in [4.69, 9.17) is 9.47 Å². The van der Waals surface area contributed by atoms with Crippen molar-refractivity contribution in [2.24, 2.45) is 0 Å². The Morgan fingerprint density at radius 2 is 1.62 bits per heavy atom. The number of nitrogens with one attached hydrogen (secondary N) is 1. The molecule has 3 amide bonds. The summed E-state index contributed by atoms with van der Waals surface area (Å²) in [5.74, 6) is -0.273. The molecule has 7 nitrogen and oxygen atoms in total. The molecule has 0 saturated heterocycles. The fourth-order valence-corrected chi connectivity index (χ4v) is 3.68. The standard InChI is InChI=1S/C25H22N2O5/c1-14-6-5-7-21(15(14)2)27-24(29)18-10-8-16(12-19(18)25(27)30)23(28)26-20-13-17(31-3)9-11-22(20)32-4/h5-13H,1-4H3,(H,26,28). The molecule has 1 aliphatic rings. The molecule has 3 aromatic carbocycles. The number of anilines is 2. The number of imide groups is 1. The number of benzene rings is 3. The van der Waals surface area contributed by atoms with Crippen LogP contribution in [0.2, 0.25) is 0 Å². The van der Waals surface area contributed by atoms with E-state index in [0.29, 0.717) is 22.9 Å². The molecular formula is C25H22N2O5. The Balaban J connectivity index is 1.66. The van der Waals surface area contributed by atoms with Gasteiger partial charge in [0.05, 0.1) is 36.7 Å². The van der Waals surface area contributed by atoms with Crippen molar-refractivity contribution in [3.63, 3.8) is 0 Å². The van der Waals surface area contributed by atoms with Crippen molar-refractivity contribution in [1.82, 2.24) is 0 Å². The summed E-state index contributed by atoms with van der Waals surface area (Å²) in [5.41, 5.74) is 3.52. The Kier molecular flexibility index (Phi) is 5.40. The van der Waals surface area contributed by atoms with Gasteiger partial charge in [-0.3, -0.25) is 14.4 Å². The molecule has 0 bridgehead atoms. The minimum absolute atomic E-state index is 0.196. The van der Waals surface area contributed by atoms with Gasteiger partial charge in [-0.05, 0) is 61.4 Å². The lowest BCUT2D eigenvalue weighted by Crippen LogP contribution is -2.30. The zero-order valence-electron chi connectivity index (χ0n) is 18.2. The molecule has 0 saturated carbocycles. The van der Waals surface area contributed by atoms with Gasteiger partial charge in [0.25, 0.3) is 17.7 Å². The van der Waals surface area contributed by atoms with Gasteiger partial charge in [-0.2, -0.15) is 0 Å². The minimum Gasteiger partial charge on any atom is -0.497 e. The van der Waals surface area contributed by atoms with Gasteiger partial charge >= 0.3 is 0 Å². The summed E-state index contributed by atoms with van der Waals surface area (Å²) in [6.07, 6.45) is 0. The lowest BCUT2D eigenvalue weighted by molar-refractivity contribution is 0.0925. The third kappa shape index (κ3) is 3.47. The summed E-state index contributed by atoms with van der Waals surface area (Å²) >= 11 is 0. The maximum Gasteiger partial charge on any atom is 0.266 e. The first-order chi connectivity index (χ1) is 15.3. The summed E-state index contributed by atoms with van der Waals surface area (Å²) in [5, 5.41) is 2.78. The van der Waals surface area contributed by atoms with Crippen molar-refractivity contribution < 1.29 is 23.9 Å². The predicted octanol–water partition coefficient (Wildman–Crippen LogP) is 4.37. The fraction of sp³-hybridized carbons (Fsp3) is 0.160. The summed E-state index contributed by atoms with van der Waals surface area (Å²) < 4.78 is 10.5. The highest BCUT2D eigenvalue weighted by molar-refractivity contribution is 6.35. The second-order valence-electron chi connectivity index (χ2n) is 7.45. The van der Waals surface area contributed by atoms with E-state index in [1.165, 1.54) is 37.3 Å². The second kappa shape index (κ2) is 8.19. The van der Waals surface area contributed by atoms with Crippen LogP contribution in [0, 0.1) is 13.8 Å². The van der Waals surface area contributed by atoms with Gasteiger partial charge in [0.15, 0.2) is 0 Å². The fourth-order valence-electron chi connectivity index (χ4n) is 3.68. The van der Waals surface area contributed by atoms with Gasteiger partial charge in [0, 0.05) is 11.6 Å². The van der Waals surface area contributed by atoms with Crippen LogP contribution in [-0.4, -0.2) is 31.9 Å². The number of hydrogen-bond donors (Lipinski definition) is 1. The highest BCUT2D eigenvalue weighted by Crippen LogP contribution is 2.33. The molecule has 4 rings (SSSR count). The van der Waals surface area contributed by atoms with Crippen molar-refractivity contribution in [2.45, 2.75) is 13.8 Å². The smallest absolute Gasteiger partial charge is 0.266 e. The Morgan fingerprint density at radius 3 is 2.34 bits per heavy atom. The number of methoxy groups -OCH3 is 2. The minimum atomic E-state index is -0.452. The summed E-state index contributed by atoms with van der Waals surface area (Å²) in [7, 11) is 3.03. The average Bonchev–Trinajstić information content (AvgIpc) is 3.05. The van der Waals surface area contributed by atoms with Gasteiger partial charge in [-0.15, -0.1) is 0 Å². The van der Waals surface area contributed by atoms with Crippen molar-refractivity contribution in [3.05, 3.63) is 82.4 Å². The van der Waals surface area contributed by atoms with Crippen molar-refractivity contribution in [3.8, 4) is 11.5 Å². The van der Waals surface area contributed by atoms with Crippen LogP contribution in [0.15, 0.2) is 54.6 Å². The zero-order chi connectivity index (χ0) is 23.0. The molecule has 3 aromatic rings. The molecule has 0 spiro atoms. The maximum absolute atomic E-state index is 13.1. The maximum atomic E-state index is 13.1. The van der Waals surface area contributed by atoms with Gasteiger partial charge in [0.2, 0.25) is 0 Å². The molecule has 0 unspecified atom stereocenters. The summed E-state index contributed by atoms with van der Waals surface area (Å²) in [6, 6.07) is 15.0. The summed E-state index contributed by atoms with van der Waals surface area (Å²) in [6.45, 7) is 3.79. The topological polar surface area (TPSA) is 84.9 Å². The third-order valence-corrected chi connectivity index (χ3v) is 5.62. The quantitative estimate of drug-likeness (QED) is 0.608. The van der Waals surface area contributed by atoms with Crippen molar-refractivity contribution in [1.29, 1.82) is 0 Å². The Bertz CT molecular complexity index is 1270. The molecule has 7 heteroatoms. The third-order valence-electron chi connectivity index (χ3n) is 5.62. The van der Waals surface area contributed by atoms with Crippen molar-refractivity contribution >= 4 is 29.1 Å². The number of amides is 3. The van der Waals surface area contributed by atoms with Crippen LogP contribution >= 0.6 is 0 Å². The van der Waals surface area contributed by atoms with Crippen LogP contribution in [-0.2, 0) is 0 Å². The molecular weight excluding hydrogens is 408 g/mol. The van der Waals surface area contributed by atoms with E-state index < -0.39 is 17.7 Å². The normalized spacial score (nSPS) is 12.6. The predicted molar refractivity (Wildman–Crippen MR) is 121 cm³/mol. The van der Waals surface area contributed by atoms with Crippen LogP contribution in [0.4, 0.5) is 11.4 Å². The molecule has 0 atom stereocenters. The molecule has 162 valence electrons. The molecule has 32 heavy (non-hydrogen) atoms. The van der Waals surface area contributed by atoms with E-state index in [1.54, 1.807) is 24.3 Å². The molecule has 1 heterocycles. The van der Waals surface area contributed by atoms with Crippen LogP contribution < -0.4 is 19.7 Å². The van der Waals surface area contributed by atoms with Crippen LogP contribution in [0.5, 0.6) is 11.5 Å². The van der Waals surface area contributed by atoms with Crippen LogP contribution in [0.1, 0.15) is 42.2 Å². The Hall–Kier alpha value is -4.13. The van der Waals surface area contributed by atoms with Crippen LogP contribution in [0.25, 0.3) is 0 Å². The molecule has 0 fully saturated rings. The monoisotopic (exact) mass is 430 g/mol. The Labute approximate surface area is 185 Å². The first-order valence-corrected chi connectivity index (χ1v) is 9.98. The largest absolute Gasteiger partial charge is 0.497 e. The lowest BCUT2D eigenvalue weighted by atomic mass is 10.1. The van der Waals surface area contributed by atoms with Gasteiger partial charge in [-0.1, -0.05) is 12.1 Å². The van der Waals surface area contributed by atoms with Crippen LogP contribution in [0.3, 0.4) is 0 Å². The number of aryl methyl sites for hydroxylation is 1. The van der Waals surface area contributed by atoms with Gasteiger partial charge in [0.1, 0.15) is 11.5 Å². The van der Waals surface area contributed by atoms with E-state index in [9.17, 15) is 14.4 Å². The SMILES string of the molecule is COc1ccc(OC)c(NC(=O)c2ccc3c(c2)C(=O)N(c2cccc(C)c2C)C3=O)c1. The molecule has 1 aliphatic heterocycles. The number of carbonyl (C=O) groups excluding carboxylic acids is 3. The van der Waals surface area contributed by atoms with Gasteiger partial charge in [-0.25, -0.2) is 4.90 Å². The van der Waals surface area contributed by atoms with E-state index in [2.05, 4.69) is 5.32 Å². The first-order valence-electron chi connectivity index (χ1n) is 9.98. The average molecular weight is 430 g/mol. The van der Waals surface area contributed by atoms with Crippen molar-refractivity contribution in [2.75, 3.05) is 24.4 Å². The number of carbonyl (C=O) groups is 3. The highest BCUT2D eigenvalue weighted by Gasteiger charge is 2.38. The lowest BCUT2D eigenvalue weighted by Gasteiger charge is -2.17. The van der Waals surface area contributed by atoms with E-state index in [-0.39, 0.29) is 16.7 Å². The van der Waals surface area contributed by atoms with E-state index in [0.717, 1.165) is 11.1 Å². The highest BCUT2D eigenvalue weighted by atomic mass is 16.5. The molecule has 0 aliphatic carbocycles. The van der Waals surface area contributed by atoms with E-state index in [1.807, 2.05) is 26.0 Å². The number of rotatable bonds is 5. The molecule has 1 N–H and O–H groups in total. The number of nitrogens with zero attached hydrogens (tertiary/aromatic N) is 1. The number of fused-ring (bicyclic) bond motifs is 1. The number of hydrogen-bond acceptors (Lipinski definition) is 5. The summed E-state index contributed by atoms with van der Waals surface area (Å²) in [4.78, 5) is 40.2. The second-order valence-corrected chi connectivity index (χ2v) is 7.45. The zero-order valence-corrected chi connectivity index (χ0v) is 18.2. The van der Waals surface area contributed by atoms with Gasteiger partial charge < -0.3 is 14.8 Å². The molecule has 0 radical (unpaired) electrons. The molecule has 0 aromatic heterocycles. The number of ether oxygens (including phenoxy) is 2. The Morgan fingerprint density at radius 1 is 0.875 bits per heavy atom.